The van der Waals surface area contributed by atoms with Gasteiger partial charge in [-0.3, -0.25) is 14.4 Å². The van der Waals surface area contributed by atoms with Crippen molar-refractivity contribution in [2.24, 2.45) is 7.05 Å². The van der Waals surface area contributed by atoms with Gasteiger partial charge in [-0.2, -0.15) is 0 Å². The average Bonchev–Trinajstić information content (AvgIpc) is 3.61. The highest BCUT2D eigenvalue weighted by atomic mass is 35.5. The summed E-state index contributed by atoms with van der Waals surface area (Å²) in [6, 6.07) is 12.7. The highest BCUT2D eigenvalue weighted by molar-refractivity contribution is 6.35. The van der Waals surface area contributed by atoms with E-state index in [-0.39, 0.29) is 42.3 Å². The maximum absolute atomic E-state index is 13.8. The summed E-state index contributed by atoms with van der Waals surface area (Å²) in [5.41, 5.74) is 4.77. The molecular weight excluding hydrogens is 561 g/mol. The Kier molecular flexibility index (Phi) is 6.28. The molecule has 2 unspecified atom stereocenters. The summed E-state index contributed by atoms with van der Waals surface area (Å²) in [7, 11) is 1.95. The van der Waals surface area contributed by atoms with Gasteiger partial charge in [0.25, 0.3) is 11.8 Å². The molecular formula is C31H27Cl2N5O3. The van der Waals surface area contributed by atoms with Crippen LogP contribution in [-0.4, -0.2) is 50.3 Å². The highest BCUT2D eigenvalue weighted by Gasteiger charge is 2.44. The first-order chi connectivity index (χ1) is 19.7. The molecule has 2 aromatic heterocycles. The number of nitrogens with zero attached hydrogens (tertiary/aromatic N) is 3. The van der Waals surface area contributed by atoms with Crippen LogP contribution in [-0.2, 0) is 18.3 Å². The Hall–Kier alpha value is -3.88. The largest absolute Gasteiger partial charge is 0.357 e. The van der Waals surface area contributed by atoms with Crippen LogP contribution in [0.1, 0.15) is 52.0 Å². The van der Waals surface area contributed by atoms with Crippen molar-refractivity contribution in [3.8, 4) is 11.3 Å². The minimum Gasteiger partial charge on any atom is -0.357 e. The zero-order chi connectivity index (χ0) is 28.4. The summed E-state index contributed by atoms with van der Waals surface area (Å²) in [5, 5.41) is 7.60. The zero-order valence-corrected chi connectivity index (χ0v) is 23.8. The Morgan fingerprint density at radius 3 is 2.54 bits per heavy atom. The molecule has 2 aromatic carbocycles. The summed E-state index contributed by atoms with van der Waals surface area (Å²) in [6.45, 7) is 0. The second-order valence-electron chi connectivity index (χ2n) is 11.2. The van der Waals surface area contributed by atoms with Gasteiger partial charge in [-0.05, 0) is 67.6 Å². The van der Waals surface area contributed by atoms with Gasteiger partial charge >= 0.3 is 0 Å². The maximum atomic E-state index is 13.8. The number of aryl methyl sites for hydroxylation is 1. The first kappa shape index (κ1) is 26.0. The van der Waals surface area contributed by atoms with Crippen LogP contribution in [0.3, 0.4) is 0 Å². The number of rotatable bonds is 4. The minimum absolute atomic E-state index is 0.0222. The molecule has 2 N–H and O–H groups in total. The summed E-state index contributed by atoms with van der Waals surface area (Å²) in [6.07, 6.45) is 7.31. The van der Waals surface area contributed by atoms with Crippen molar-refractivity contribution in [2.75, 3.05) is 5.32 Å². The molecule has 41 heavy (non-hydrogen) atoms. The van der Waals surface area contributed by atoms with Gasteiger partial charge in [-0.25, -0.2) is 4.98 Å². The van der Waals surface area contributed by atoms with Gasteiger partial charge in [-0.15, -0.1) is 0 Å². The monoisotopic (exact) mass is 587 g/mol. The Morgan fingerprint density at radius 2 is 1.80 bits per heavy atom. The Balaban J connectivity index is 1.08. The molecule has 3 aliphatic heterocycles. The second-order valence-corrected chi connectivity index (χ2v) is 12.1. The number of hydrogen-bond acceptors (Lipinski definition) is 4. The van der Waals surface area contributed by atoms with E-state index in [1.165, 1.54) is 0 Å². The standard InChI is InChI=1S/C31H27Cl2N5O3/c1-37-7-6-17(15-37)26-13-24(32)22-5-2-16(9-28(22)35-26)31(41)38-20-3-4-21(38)12-19(11-20)34-30(40)23-8-18-10-29(39)36-27(18)14-25(23)33/h2,5-9,13-15,19-21H,3-4,10-12H2,1H3,(H,34,40)(H,36,39). The fourth-order valence-electron chi connectivity index (χ4n) is 6.58. The molecule has 208 valence electrons. The third kappa shape index (κ3) is 4.65. The van der Waals surface area contributed by atoms with E-state index in [4.69, 9.17) is 28.2 Å². The third-order valence-corrected chi connectivity index (χ3v) is 9.12. The smallest absolute Gasteiger partial charge is 0.254 e. The van der Waals surface area contributed by atoms with Gasteiger partial charge in [0.15, 0.2) is 0 Å². The molecule has 2 fully saturated rings. The van der Waals surface area contributed by atoms with Crippen LogP contribution in [0, 0.1) is 0 Å². The molecule has 0 saturated carbocycles. The van der Waals surface area contributed by atoms with Crippen LogP contribution in [0.15, 0.2) is 54.9 Å². The summed E-state index contributed by atoms with van der Waals surface area (Å²) in [5.74, 6) is -0.386. The Labute approximate surface area is 246 Å². The zero-order valence-electron chi connectivity index (χ0n) is 22.3. The molecule has 7 rings (SSSR count). The van der Waals surface area contributed by atoms with E-state index in [9.17, 15) is 14.4 Å². The molecule has 3 aliphatic rings. The number of carbonyl (C=O) groups excluding carboxylic acids is 3. The molecule has 8 nitrogen and oxygen atoms in total. The first-order valence-corrected chi connectivity index (χ1v) is 14.5. The highest BCUT2D eigenvalue weighted by Crippen LogP contribution is 2.38. The van der Waals surface area contributed by atoms with Crippen molar-refractivity contribution in [1.29, 1.82) is 0 Å². The molecule has 5 heterocycles. The molecule has 0 spiro atoms. The van der Waals surface area contributed by atoms with E-state index in [0.29, 0.717) is 45.2 Å². The van der Waals surface area contributed by atoms with Gasteiger partial charge in [0.2, 0.25) is 5.91 Å². The summed E-state index contributed by atoms with van der Waals surface area (Å²) < 4.78 is 1.96. The molecule has 3 amide bonds. The normalized spacial score (nSPS) is 21.2. The predicted octanol–water partition coefficient (Wildman–Crippen LogP) is 5.61. The second kappa shape index (κ2) is 9.89. The van der Waals surface area contributed by atoms with Crippen LogP contribution >= 0.6 is 23.2 Å². The van der Waals surface area contributed by atoms with Gasteiger partial charge < -0.3 is 20.1 Å². The number of fused-ring (bicyclic) bond motifs is 4. The van der Waals surface area contributed by atoms with Crippen molar-refractivity contribution in [1.82, 2.24) is 19.8 Å². The summed E-state index contributed by atoms with van der Waals surface area (Å²) >= 11 is 13.0. The third-order valence-electron chi connectivity index (χ3n) is 8.50. The van der Waals surface area contributed by atoms with Crippen LogP contribution in [0.2, 0.25) is 10.0 Å². The molecule has 2 saturated heterocycles. The quantitative estimate of drug-likeness (QED) is 0.324. The van der Waals surface area contributed by atoms with E-state index >= 15 is 0 Å². The number of nitrogens with one attached hydrogen (secondary N) is 2. The number of carbonyl (C=O) groups is 3. The molecule has 0 aliphatic carbocycles. The van der Waals surface area contributed by atoms with Crippen LogP contribution in [0.5, 0.6) is 0 Å². The Bertz CT molecular complexity index is 1750. The number of anilines is 1. The number of amides is 3. The van der Waals surface area contributed by atoms with Crippen LogP contribution < -0.4 is 10.6 Å². The molecule has 2 bridgehead atoms. The van der Waals surface area contributed by atoms with E-state index < -0.39 is 0 Å². The lowest BCUT2D eigenvalue weighted by Gasteiger charge is -2.39. The maximum Gasteiger partial charge on any atom is 0.254 e. The lowest BCUT2D eigenvalue weighted by molar-refractivity contribution is -0.115. The van der Waals surface area contributed by atoms with E-state index in [0.717, 1.165) is 35.0 Å². The number of piperidine rings is 1. The van der Waals surface area contributed by atoms with E-state index in [1.54, 1.807) is 12.1 Å². The minimum atomic E-state index is -0.256. The van der Waals surface area contributed by atoms with Crippen molar-refractivity contribution in [3.63, 3.8) is 0 Å². The number of aromatic nitrogens is 2. The lowest BCUT2D eigenvalue weighted by Crippen LogP contribution is -2.52. The number of benzene rings is 2. The van der Waals surface area contributed by atoms with Crippen LogP contribution in [0.25, 0.3) is 22.2 Å². The molecule has 2 atom stereocenters. The van der Waals surface area contributed by atoms with Gasteiger partial charge in [-0.1, -0.05) is 29.3 Å². The molecule has 4 aromatic rings. The lowest BCUT2D eigenvalue weighted by atomic mass is 9.95. The SMILES string of the molecule is Cn1ccc(-c2cc(Cl)c3ccc(C(=O)N4C5CCC4CC(NC(=O)c4cc6c(cc4Cl)NC(=O)C6)C5)cc3n2)c1. The molecule has 0 radical (unpaired) electrons. The fraction of sp³-hybridized carbons (Fsp3) is 0.290. The van der Waals surface area contributed by atoms with Gasteiger partial charge in [0, 0.05) is 59.8 Å². The van der Waals surface area contributed by atoms with Crippen LogP contribution in [0.4, 0.5) is 5.69 Å². The van der Waals surface area contributed by atoms with Crippen molar-refractivity contribution in [2.45, 2.75) is 50.2 Å². The number of pyridine rings is 1. The first-order valence-electron chi connectivity index (χ1n) is 13.7. The number of hydrogen-bond donors (Lipinski definition) is 2. The fourth-order valence-corrected chi connectivity index (χ4v) is 7.10. The van der Waals surface area contributed by atoms with Crippen molar-refractivity contribution >= 4 is 57.5 Å². The Morgan fingerprint density at radius 1 is 1.02 bits per heavy atom. The van der Waals surface area contributed by atoms with E-state index in [1.807, 2.05) is 59.2 Å². The van der Waals surface area contributed by atoms with E-state index in [2.05, 4.69) is 10.6 Å². The van der Waals surface area contributed by atoms with Crippen molar-refractivity contribution in [3.05, 3.63) is 81.6 Å². The average molecular weight is 588 g/mol. The predicted molar refractivity (Wildman–Crippen MR) is 158 cm³/mol. The molecule has 10 heteroatoms. The topological polar surface area (TPSA) is 96.3 Å². The van der Waals surface area contributed by atoms with Gasteiger partial charge in [0.1, 0.15) is 0 Å². The number of halogens is 2. The summed E-state index contributed by atoms with van der Waals surface area (Å²) in [4.78, 5) is 45.5. The van der Waals surface area contributed by atoms with Crippen molar-refractivity contribution < 1.29 is 14.4 Å². The van der Waals surface area contributed by atoms with Gasteiger partial charge in [0.05, 0.1) is 33.2 Å².